The number of methoxy groups -OCH3 is 1. The number of pyridine rings is 1. The van der Waals surface area contributed by atoms with Crippen molar-refractivity contribution >= 4 is 17.4 Å². The number of nitrogen functional groups attached to an aromatic ring is 1. The molecule has 0 aromatic carbocycles. The number of ether oxygens (including phenoxy) is 1. The molecule has 6 heteroatoms. The van der Waals surface area contributed by atoms with Crippen molar-refractivity contribution in [2.75, 3.05) is 31.3 Å². The zero-order valence-corrected chi connectivity index (χ0v) is 11.0. The number of hydrogen-bond donors (Lipinski definition) is 3. The highest BCUT2D eigenvalue weighted by atomic mass is 16.5. The monoisotopic (exact) mass is 252 g/mol. The molecule has 0 bridgehead atoms. The van der Waals surface area contributed by atoms with Gasteiger partial charge in [0.1, 0.15) is 11.9 Å². The zero-order valence-electron chi connectivity index (χ0n) is 11.0. The fourth-order valence-corrected chi connectivity index (χ4v) is 1.37. The summed E-state index contributed by atoms with van der Waals surface area (Å²) in [5, 5.41) is 5.77. The van der Waals surface area contributed by atoms with E-state index in [1.54, 1.807) is 26.2 Å². The predicted octanol–water partition coefficient (Wildman–Crippen LogP) is 0.535. The molecule has 100 valence electrons. The molecule has 1 atom stereocenters. The minimum absolute atomic E-state index is 0.0941. The average Bonchev–Trinajstić information content (AvgIpc) is 2.34. The SMILES string of the molecule is COCCNC(=O)C(C)Nc1ccc(N)c(C)n1. The molecule has 4 N–H and O–H groups in total. The van der Waals surface area contributed by atoms with Gasteiger partial charge in [-0.15, -0.1) is 0 Å². The Kier molecular flexibility index (Phi) is 5.38. The second-order valence-electron chi connectivity index (χ2n) is 4.02. The van der Waals surface area contributed by atoms with Gasteiger partial charge in [-0.05, 0) is 26.0 Å². The first-order valence-corrected chi connectivity index (χ1v) is 5.81. The second-order valence-corrected chi connectivity index (χ2v) is 4.02. The Morgan fingerprint density at radius 1 is 1.56 bits per heavy atom. The molecule has 0 aliphatic heterocycles. The van der Waals surface area contributed by atoms with Crippen molar-refractivity contribution in [3.8, 4) is 0 Å². The molecule has 1 aromatic heterocycles. The number of anilines is 2. The molecule has 0 saturated carbocycles. The molecule has 0 aliphatic carbocycles. The third-order valence-corrected chi connectivity index (χ3v) is 2.49. The van der Waals surface area contributed by atoms with Crippen molar-refractivity contribution in [1.82, 2.24) is 10.3 Å². The first kappa shape index (κ1) is 14.2. The van der Waals surface area contributed by atoms with Crippen LogP contribution in [-0.2, 0) is 9.53 Å². The van der Waals surface area contributed by atoms with Crippen molar-refractivity contribution in [3.63, 3.8) is 0 Å². The van der Waals surface area contributed by atoms with Gasteiger partial charge in [-0.2, -0.15) is 0 Å². The number of hydrogen-bond acceptors (Lipinski definition) is 5. The van der Waals surface area contributed by atoms with Crippen molar-refractivity contribution in [2.45, 2.75) is 19.9 Å². The Morgan fingerprint density at radius 3 is 2.89 bits per heavy atom. The fourth-order valence-electron chi connectivity index (χ4n) is 1.37. The topological polar surface area (TPSA) is 89.3 Å². The van der Waals surface area contributed by atoms with Crippen LogP contribution in [0.15, 0.2) is 12.1 Å². The molecule has 18 heavy (non-hydrogen) atoms. The van der Waals surface area contributed by atoms with Crippen LogP contribution in [0.4, 0.5) is 11.5 Å². The van der Waals surface area contributed by atoms with E-state index in [-0.39, 0.29) is 11.9 Å². The van der Waals surface area contributed by atoms with Gasteiger partial charge in [0.05, 0.1) is 18.0 Å². The summed E-state index contributed by atoms with van der Waals surface area (Å²) in [7, 11) is 1.59. The summed E-state index contributed by atoms with van der Waals surface area (Å²) in [6, 6.07) is 3.15. The van der Waals surface area contributed by atoms with Crippen molar-refractivity contribution in [3.05, 3.63) is 17.8 Å². The van der Waals surface area contributed by atoms with Crippen LogP contribution in [-0.4, -0.2) is 37.2 Å². The maximum atomic E-state index is 11.7. The summed E-state index contributed by atoms with van der Waals surface area (Å²) >= 11 is 0. The number of aromatic nitrogens is 1. The normalized spacial score (nSPS) is 11.9. The van der Waals surface area contributed by atoms with Gasteiger partial charge in [0.25, 0.3) is 0 Å². The van der Waals surface area contributed by atoms with Crippen LogP contribution in [0.5, 0.6) is 0 Å². The average molecular weight is 252 g/mol. The lowest BCUT2D eigenvalue weighted by Gasteiger charge is -2.15. The number of amides is 1. The summed E-state index contributed by atoms with van der Waals surface area (Å²) in [5.74, 6) is 0.541. The Hall–Kier alpha value is -1.82. The number of nitrogens with two attached hydrogens (primary N) is 1. The Bertz CT molecular complexity index is 409. The Morgan fingerprint density at radius 2 is 2.28 bits per heavy atom. The molecule has 1 aromatic rings. The molecule has 0 fully saturated rings. The highest BCUT2D eigenvalue weighted by Crippen LogP contribution is 2.12. The standard InChI is InChI=1S/C12H20N4O2/c1-8-10(13)4-5-11(15-8)16-9(2)12(17)14-6-7-18-3/h4-5,9H,6-7,13H2,1-3H3,(H,14,17)(H,15,16). The third kappa shape index (κ3) is 4.21. The highest BCUT2D eigenvalue weighted by molar-refractivity contribution is 5.83. The van der Waals surface area contributed by atoms with E-state index in [1.807, 2.05) is 6.92 Å². The van der Waals surface area contributed by atoms with Gasteiger partial charge in [-0.1, -0.05) is 0 Å². The van der Waals surface area contributed by atoms with E-state index in [9.17, 15) is 4.79 Å². The van der Waals surface area contributed by atoms with Gasteiger partial charge in [0.2, 0.25) is 5.91 Å². The molecule has 1 heterocycles. The largest absolute Gasteiger partial charge is 0.397 e. The molecule has 0 aliphatic rings. The van der Waals surface area contributed by atoms with Crippen LogP contribution in [0.3, 0.4) is 0 Å². The van der Waals surface area contributed by atoms with Crippen LogP contribution in [0.25, 0.3) is 0 Å². The molecule has 0 radical (unpaired) electrons. The summed E-state index contributed by atoms with van der Waals surface area (Å²) in [5.41, 5.74) is 7.06. The predicted molar refractivity (Wildman–Crippen MR) is 71.4 cm³/mol. The molecule has 1 amide bonds. The molecule has 0 spiro atoms. The van der Waals surface area contributed by atoms with Crippen LogP contribution < -0.4 is 16.4 Å². The lowest BCUT2D eigenvalue weighted by Crippen LogP contribution is -2.39. The summed E-state index contributed by atoms with van der Waals surface area (Å²) in [6.45, 7) is 4.59. The first-order valence-electron chi connectivity index (χ1n) is 5.81. The van der Waals surface area contributed by atoms with Gasteiger partial charge in [0, 0.05) is 13.7 Å². The Labute approximate surface area is 107 Å². The number of aryl methyl sites for hydroxylation is 1. The second kappa shape index (κ2) is 6.80. The number of carbonyl (C=O) groups is 1. The van der Waals surface area contributed by atoms with Crippen molar-refractivity contribution in [1.29, 1.82) is 0 Å². The highest BCUT2D eigenvalue weighted by Gasteiger charge is 2.12. The molecule has 1 unspecified atom stereocenters. The van der Waals surface area contributed by atoms with E-state index >= 15 is 0 Å². The summed E-state index contributed by atoms with van der Waals surface area (Å²) < 4.78 is 4.86. The smallest absolute Gasteiger partial charge is 0.242 e. The molecular formula is C12H20N4O2. The van der Waals surface area contributed by atoms with E-state index in [0.717, 1.165) is 5.69 Å². The van der Waals surface area contributed by atoms with Gasteiger partial charge in [-0.3, -0.25) is 4.79 Å². The molecule has 0 saturated heterocycles. The Balaban J connectivity index is 2.50. The lowest BCUT2D eigenvalue weighted by molar-refractivity contribution is -0.121. The number of carbonyl (C=O) groups excluding carboxylic acids is 1. The van der Waals surface area contributed by atoms with Crippen LogP contribution in [0.2, 0.25) is 0 Å². The zero-order chi connectivity index (χ0) is 13.5. The van der Waals surface area contributed by atoms with Gasteiger partial charge >= 0.3 is 0 Å². The number of rotatable bonds is 6. The number of nitrogens with zero attached hydrogens (tertiary/aromatic N) is 1. The first-order chi connectivity index (χ1) is 8.54. The fraction of sp³-hybridized carbons (Fsp3) is 0.500. The quantitative estimate of drug-likeness (QED) is 0.643. The van der Waals surface area contributed by atoms with E-state index < -0.39 is 0 Å². The third-order valence-electron chi connectivity index (χ3n) is 2.49. The molecule has 6 nitrogen and oxygen atoms in total. The van der Waals surface area contributed by atoms with E-state index in [1.165, 1.54) is 0 Å². The van der Waals surface area contributed by atoms with Crippen LogP contribution in [0, 0.1) is 6.92 Å². The van der Waals surface area contributed by atoms with Crippen LogP contribution in [0.1, 0.15) is 12.6 Å². The summed E-state index contributed by atoms with van der Waals surface area (Å²) in [6.07, 6.45) is 0. The maximum absolute atomic E-state index is 11.7. The maximum Gasteiger partial charge on any atom is 0.242 e. The van der Waals surface area contributed by atoms with Gasteiger partial charge < -0.3 is 21.1 Å². The van der Waals surface area contributed by atoms with Crippen LogP contribution >= 0.6 is 0 Å². The summed E-state index contributed by atoms with van der Waals surface area (Å²) in [4.78, 5) is 15.9. The van der Waals surface area contributed by atoms with Crippen molar-refractivity contribution < 1.29 is 9.53 Å². The van der Waals surface area contributed by atoms with Gasteiger partial charge in [-0.25, -0.2) is 4.98 Å². The lowest BCUT2D eigenvalue weighted by atomic mass is 10.3. The molecular weight excluding hydrogens is 232 g/mol. The minimum atomic E-state index is -0.364. The van der Waals surface area contributed by atoms with E-state index in [4.69, 9.17) is 10.5 Å². The number of nitrogens with one attached hydrogen (secondary N) is 2. The van der Waals surface area contributed by atoms with E-state index in [2.05, 4.69) is 15.6 Å². The van der Waals surface area contributed by atoms with Crippen molar-refractivity contribution in [2.24, 2.45) is 0 Å². The minimum Gasteiger partial charge on any atom is -0.397 e. The van der Waals surface area contributed by atoms with E-state index in [0.29, 0.717) is 24.7 Å². The van der Waals surface area contributed by atoms with Gasteiger partial charge in [0.15, 0.2) is 0 Å². The molecule has 1 rings (SSSR count).